The van der Waals surface area contributed by atoms with Crippen molar-refractivity contribution in [3.05, 3.63) is 41.5 Å². The Kier molecular flexibility index (Phi) is 4.04. The Balaban J connectivity index is 3.05. The maximum Gasteiger partial charge on any atom is 0.0436 e. The fraction of sp³-hybridized carbons (Fsp3) is 0.333. The third-order valence-electron chi connectivity index (χ3n) is 2.19. The Labute approximate surface area is 85.2 Å². The minimum atomic E-state index is 0.623. The van der Waals surface area contributed by atoms with E-state index in [9.17, 15) is 0 Å². The van der Waals surface area contributed by atoms with E-state index in [-0.39, 0.29) is 0 Å². The molecular formula is C12H15Cl. The summed E-state index contributed by atoms with van der Waals surface area (Å²) in [6, 6.07) is 10.4. The first-order chi connectivity index (χ1) is 6.29. The van der Waals surface area contributed by atoms with E-state index in [0.29, 0.717) is 5.88 Å². The summed E-state index contributed by atoms with van der Waals surface area (Å²) >= 11 is 5.82. The van der Waals surface area contributed by atoms with Crippen molar-refractivity contribution in [1.82, 2.24) is 0 Å². The van der Waals surface area contributed by atoms with E-state index in [1.165, 1.54) is 16.7 Å². The van der Waals surface area contributed by atoms with Gasteiger partial charge in [0.1, 0.15) is 0 Å². The number of rotatable bonds is 3. The number of alkyl halides is 1. The van der Waals surface area contributed by atoms with Crippen molar-refractivity contribution in [2.75, 3.05) is 5.88 Å². The summed E-state index contributed by atoms with van der Waals surface area (Å²) in [6.45, 7) is 4.26. The normalized spacial score (nSPS) is 12.5. The first-order valence-corrected chi connectivity index (χ1v) is 5.13. The third-order valence-corrected chi connectivity index (χ3v) is 2.59. The molecule has 0 atom stereocenters. The fourth-order valence-corrected chi connectivity index (χ4v) is 1.63. The predicted octanol–water partition coefficient (Wildman–Crippen LogP) is 4.11. The average molecular weight is 195 g/mol. The molecule has 0 aromatic heterocycles. The lowest BCUT2D eigenvalue weighted by molar-refractivity contribution is 1.20. The molecule has 0 aliphatic heterocycles. The molecule has 0 heterocycles. The molecule has 1 rings (SSSR count). The maximum atomic E-state index is 5.82. The molecule has 0 aliphatic carbocycles. The van der Waals surface area contributed by atoms with Gasteiger partial charge in [0.2, 0.25) is 0 Å². The van der Waals surface area contributed by atoms with Gasteiger partial charge in [-0.3, -0.25) is 0 Å². The van der Waals surface area contributed by atoms with Crippen LogP contribution >= 0.6 is 11.6 Å². The van der Waals surface area contributed by atoms with Gasteiger partial charge in [-0.2, -0.15) is 0 Å². The van der Waals surface area contributed by atoms with Crippen LogP contribution in [0.2, 0.25) is 0 Å². The molecule has 70 valence electrons. The molecule has 0 saturated heterocycles. The highest BCUT2D eigenvalue weighted by atomic mass is 35.5. The van der Waals surface area contributed by atoms with Crippen molar-refractivity contribution in [2.45, 2.75) is 20.3 Å². The van der Waals surface area contributed by atoms with Crippen LogP contribution in [0.25, 0.3) is 5.57 Å². The van der Waals surface area contributed by atoms with Crippen LogP contribution < -0.4 is 0 Å². The monoisotopic (exact) mass is 194 g/mol. The lowest BCUT2D eigenvalue weighted by atomic mass is 9.99. The van der Waals surface area contributed by atoms with Crippen LogP contribution in [0.3, 0.4) is 0 Å². The highest BCUT2D eigenvalue weighted by Gasteiger charge is 2.01. The SMILES string of the molecule is CC/C(=C(\C)CCl)c1ccccc1. The number of benzene rings is 1. The zero-order valence-corrected chi connectivity index (χ0v) is 8.93. The quantitative estimate of drug-likeness (QED) is 0.636. The molecule has 0 N–H and O–H groups in total. The molecule has 0 saturated carbocycles. The molecule has 1 aromatic carbocycles. The summed E-state index contributed by atoms with van der Waals surface area (Å²) in [6.07, 6.45) is 1.04. The van der Waals surface area contributed by atoms with Gasteiger partial charge in [0.25, 0.3) is 0 Å². The topological polar surface area (TPSA) is 0 Å². The summed E-state index contributed by atoms with van der Waals surface area (Å²) < 4.78 is 0. The van der Waals surface area contributed by atoms with Crippen molar-refractivity contribution < 1.29 is 0 Å². The highest BCUT2D eigenvalue weighted by molar-refractivity contribution is 6.20. The Bertz CT molecular complexity index is 285. The lowest BCUT2D eigenvalue weighted by Crippen LogP contribution is -1.88. The molecule has 13 heavy (non-hydrogen) atoms. The molecule has 0 fully saturated rings. The molecule has 0 amide bonds. The fourth-order valence-electron chi connectivity index (χ4n) is 1.47. The van der Waals surface area contributed by atoms with E-state index in [2.05, 4.69) is 38.1 Å². The molecular weight excluding hydrogens is 180 g/mol. The van der Waals surface area contributed by atoms with E-state index >= 15 is 0 Å². The van der Waals surface area contributed by atoms with Crippen LogP contribution in [0.4, 0.5) is 0 Å². The zero-order valence-electron chi connectivity index (χ0n) is 8.18. The van der Waals surface area contributed by atoms with Gasteiger partial charge in [-0.15, -0.1) is 11.6 Å². The Morgan fingerprint density at radius 3 is 2.31 bits per heavy atom. The Hall–Kier alpha value is -0.750. The van der Waals surface area contributed by atoms with Gasteiger partial charge in [-0.05, 0) is 24.5 Å². The van der Waals surface area contributed by atoms with E-state index in [4.69, 9.17) is 11.6 Å². The van der Waals surface area contributed by atoms with Crippen LogP contribution in [-0.4, -0.2) is 5.88 Å². The number of hydrogen-bond donors (Lipinski definition) is 0. The molecule has 0 bridgehead atoms. The number of halogens is 1. The predicted molar refractivity (Wildman–Crippen MR) is 60.0 cm³/mol. The molecule has 0 unspecified atom stereocenters. The van der Waals surface area contributed by atoms with Crippen LogP contribution in [-0.2, 0) is 0 Å². The van der Waals surface area contributed by atoms with Crippen LogP contribution in [0.5, 0.6) is 0 Å². The summed E-state index contributed by atoms with van der Waals surface area (Å²) in [4.78, 5) is 0. The van der Waals surface area contributed by atoms with Gasteiger partial charge >= 0.3 is 0 Å². The van der Waals surface area contributed by atoms with Crippen molar-refractivity contribution in [2.24, 2.45) is 0 Å². The van der Waals surface area contributed by atoms with E-state index in [1.54, 1.807) is 0 Å². The van der Waals surface area contributed by atoms with Crippen LogP contribution in [0.15, 0.2) is 35.9 Å². The van der Waals surface area contributed by atoms with Crippen LogP contribution in [0, 0.1) is 0 Å². The molecule has 0 nitrogen and oxygen atoms in total. The minimum Gasteiger partial charge on any atom is -0.122 e. The first-order valence-electron chi connectivity index (χ1n) is 4.59. The third kappa shape index (κ3) is 2.60. The molecule has 0 radical (unpaired) electrons. The Morgan fingerprint density at radius 1 is 1.23 bits per heavy atom. The van der Waals surface area contributed by atoms with Gasteiger partial charge in [0.15, 0.2) is 0 Å². The number of allylic oxidation sites excluding steroid dienone is 2. The van der Waals surface area contributed by atoms with Gasteiger partial charge in [-0.1, -0.05) is 42.8 Å². The minimum absolute atomic E-state index is 0.623. The van der Waals surface area contributed by atoms with Crippen molar-refractivity contribution in [3.63, 3.8) is 0 Å². The smallest absolute Gasteiger partial charge is 0.0436 e. The van der Waals surface area contributed by atoms with Gasteiger partial charge in [0.05, 0.1) is 0 Å². The highest BCUT2D eigenvalue weighted by Crippen LogP contribution is 2.22. The van der Waals surface area contributed by atoms with E-state index in [1.807, 2.05) is 6.07 Å². The van der Waals surface area contributed by atoms with Crippen LogP contribution in [0.1, 0.15) is 25.8 Å². The summed E-state index contributed by atoms with van der Waals surface area (Å²) in [5.41, 5.74) is 3.94. The molecule has 0 spiro atoms. The Morgan fingerprint density at radius 2 is 1.85 bits per heavy atom. The van der Waals surface area contributed by atoms with Crippen molar-refractivity contribution in [3.8, 4) is 0 Å². The molecule has 1 aromatic rings. The van der Waals surface area contributed by atoms with Crippen molar-refractivity contribution in [1.29, 1.82) is 0 Å². The second kappa shape index (κ2) is 5.08. The second-order valence-corrected chi connectivity index (χ2v) is 3.38. The number of hydrogen-bond acceptors (Lipinski definition) is 0. The average Bonchev–Trinajstić information content (AvgIpc) is 2.20. The van der Waals surface area contributed by atoms with Gasteiger partial charge < -0.3 is 0 Å². The first kappa shape index (κ1) is 10.3. The van der Waals surface area contributed by atoms with E-state index < -0.39 is 0 Å². The zero-order chi connectivity index (χ0) is 9.68. The van der Waals surface area contributed by atoms with Gasteiger partial charge in [0, 0.05) is 5.88 Å². The summed E-state index contributed by atoms with van der Waals surface area (Å²) in [7, 11) is 0. The van der Waals surface area contributed by atoms with E-state index in [0.717, 1.165) is 6.42 Å². The summed E-state index contributed by atoms with van der Waals surface area (Å²) in [5.74, 6) is 0.623. The van der Waals surface area contributed by atoms with Gasteiger partial charge in [-0.25, -0.2) is 0 Å². The standard InChI is InChI=1S/C12H15Cl/c1-3-12(10(2)9-13)11-7-5-4-6-8-11/h4-8H,3,9H2,1-2H3/b12-10-. The largest absolute Gasteiger partial charge is 0.122 e. The van der Waals surface area contributed by atoms with Crippen molar-refractivity contribution >= 4 is 17.2 Å². The maximum absolute atomic E-state index is 5.82. The second-order valence-electron chi connectivity index (χ2n) is 3.11. The molecule has 1 heteroatoms. The lowest BCUT2D eigenvalue weighted by Gasteiger charge is -2.08. The summed E-state index contributed by atoms with van der Waals surface area (Å²) in [5, 5.41) is 0. The molecule has 0 aliphatic rings.